The minimum atomic E-state index is -3.85. The summed E-state index contributed by atoms with van der Waals surface area (Å²) in [6, 6.07) is 4.14. The third-order valence-corrected chi connectivity index (χ3v) is 6.66. The van der Waals surface area contributed by atoms with Gasteiger partial charge in [-0.25, -0.2) is 8.42 Å². The van der Waals surface area contributed by atoms with Gasteiger partial charge in [0, 0.05) is 30.6 Å². The number of aliphatic hydroxyl groups is 2. The molecule has 28 heavy (non-hydrogen) atoms. The summed E-state index contributed by atoms with van der Waals surface area (Å²) in [5.74, 6) is 5.64. The minimum Gasteiger partial charge on any atom is -0.487 e. The van der Waals surface area contributed by atoms with E-state index in [1.807, 2.05) is 25.9 Å². The first kappa shape index (κ1) is 22.7. The van der Waals surface area contributed by atoms with Gasteiger partial charge < -0.3 is 19.8 Å². The lowest BCUT2D eigenvalue weighted by atomic mass is 10.0. The van der Waals surface area contributed by atoms with Crippen LogP contribution in [-0.2, 0) is 10.0 Å². The van der Waals surface area contributed by atoms with Crippen molar-refractivity contribution in [3.63, 3.8) is 0 Å². The molecule has 1 aromatic rings. The molecule has 0 fully saturated rings. The second-order valence-corrected chi connectivity index (χ2v) is 9.47. The SMILES string of the molecule is C[C@H](CO)N1C[C@H](C)[C@H](CN(C)C)Oc2cc(C#C[C@@H](C)O)ccc2S1(=O)=O. The predicted molar refractivity (Wildman–Crippen MR) is 108 cm³/mol. The lowest BCUT2D eigenvalue weighted by Gasteiger charge is -2.37. The van der Waals surface area contributed by atoms with E-state index >= 15 is 0 Å². The molecule has 2 rings (SSSR count). The number of nitrogens with zero attached hydrogens (tertiary/aromatic N) is 2. The fourth-order valence-electron chi connectivity index (χ4n) is 3.07. The van der Waals surface area contributed by atoms with E-state index in [9.17, 15) is 18.6 Å². The Morgan fingerprint density at radius 3 is 2.61 bits per heavy atom. The first-order chi connectivity index (χ1) is 13.1. The molecule has 1 aliphatic rings. The average Bonchev–Trinajstić information content (AvgIpc) is 2.61. The van der Waals surface area contributed by atoms with Crippen molar-refractivity contribution in [2.75, 3.05) is 33.8 Å². The highest BCUT2D eigenvalue weighted by atomic mass is 32.2. The van der Waals surface area contributed by atoms with Gasteiger partial charge >= 0.3 is 0 Å². The van der Waals surface area contributed by atoms with Crippen LogP contribution in [0.1, 0.15) is 26.3 Å². The predicted octanol–water partition coefficient (Wildman–Crippen LogP) is 0.749. The molecular weight excluding hydrogens is 380 g/mol. The molecule has 0 amide bonds. The Bertz CT molecular complexity index is 842. The van der Waals surface area contributed by atoms with Crippen LogP contribution in [0.4, 0.5) is 0 Å². The van der Waals surface area contributed by atoms with Crippen molar-refractivity contribution in [3.05, 3.63) is 23.8 Å². The molecule has 4 atom stereocenters. The van der Waals surface area contributed by atoms with Gasteiger partial charge in [-0.15, -0.1) is 0 Å². The summed E-state index contributed by atoms with van der Waals surface area (Å²) >= 11 is 0. The molecule has 1 heterocycles. The standard InChI is InChI=1S/C20H30N2O5S/c1-14-11-22(15(2)13-23)28(25,26)20-9-8-17(7-6-16(3)24)10-18(20)27-19(14)12-21(4)5/h8-10,14-16,19,23-24H,11-13H2,1-5H3/t14-,15+,16+,19-/m0/s1. The zero-order valence-corrected chi connectivity index (χ0v) is 17.9. The Morgan fingerprint density at radius 2 is 2.04 bits per heavy atom. The van der Waals surface area contributed by atoms with Crippen molar-refractivity contribution < 1.29 is 23.4 Å². The fourth-order valence-corrected chi connectivity index (χ4v) is 4.89. The maximum atomic E-state index is 13.3. The van der Waals surface area contributed by atoms with Crippen LogP contribution in [0.5, 0.6) is 5.75 Å². The topological polar surface area (TPSA) is 90.3 Å². The van der Waals surface area contributed by atoms with E-state index in [1.165, 1.54) is 10.4 Å². The Balaban J connectivity index is 2.61. The summed E-state index contributed by atoms with van der Waals surface area (Å²) in [5, 5.41) is 19.0. The van der Waals surface area contributed by atoms with Crippen molar-refractivity contribution in [2.24, 2.45) is 5.92 Å². The highest BCUT2D eigenvalue weighted by Gasteiger charge is 2.37. The third-order valence-electron chi connectivity index (χ3n) is 4.64. The zero-order chi connectivity index (χ0) is 21.1. The Labute approximate surface area is 168 Å². The van der Waals surface area contributed by atoms with Crippen LogP contribution in [0.2, 0.25) is 0 Å². The molecule has 7 nitrogen and oxygen atoms in total. The molecule has 0 aliphatic carbocycles. The van der Waals surface area contributed by atoms with Gasteiger partial charge in [0.05, 0.1) is 6.61 Å². The van der Waals surface area contributed by atoms with Gasteiger partial charge in [-0.1, -0.05) is 18.8 Å². The average molecular weight is 411 g/mol. The van der Waals surface area contributed by atoms with E-state index in [4.69, 9.17) is 4.74 Å². The van der Waals surface area contributed by atoms with E-state index in [0.29, 0.717) is 12.1 Å². The van der Waals surface area contributed by atoms with Crippen LogP contribution in [0.3, 0.4) is 0 Å². The number of sulfonamides is 1. The molecule has 156 valence electrons. The highest BCUT2D eigenvalue weighted by Crippen LogP contribution is 2.34. The van der Waals surface area contributed by atoms with Crippen molar-refractivity contribution in [2.45, 2.75) is 43.9 Å². The molecule has 0 bridgehead atoms. The number of aliphatic hydroxyl groups excluding tert-OH is 2. The molecule has 0 radical (unpaired) electrons. The largest absolute Gasteiger partial charge is 0.487 e. The van der Waals surface area contributed by atoms with Gasteiger partial charge in [0.1, 0.15) is 22.9 Å². The number of rotatable bonds is 4. The fraction of sp³-hybridized carbons (Fsp3) is 0.600. The number of fused-ring (bicyclic) bond motifs is 1. The molecule has 8 heteroatoms. The van der Waals surface area contributed by atoms with Crippen LogP contribution in [0.25, 0.3) is 0 Å². The Hall–Kier alpha value is -1.63. The first-order valence-corrected chi connectivity index (χ1v) is 10.8. The number of benzene rings is 1. The lowest BCUT2D eigenvalue weighted by Crippen LogP contribution is -2.49. The summed E-state index contributed by atoms with van der Waals surface area (Å²) < 4.78 is 34.1. The number of hydrogen-bond donors (Lipinski definition) is 2. The maximum Gasteiger partial charge on any atom is 0.247 e. The highest BCUT2D eigenvalue weighted by molar-refractivity contribution is 7.89. The summed E-state index contributed by atoms with van der Waals surface area (Å²) in [4.78, 5) is 2.06. The van der Waals surface area contributed by atoms with Crippen LogP contribution in [0, 0.1) is 17.8 Å². The molecule has 1 aromatic carbocycles. The van der Waals surface area contributed by atoms with Gasteiger partial charge in [0.25, 0.3) is 0 Å². The van der Waals surface area contributed by atoms with E-state index in [1.54, 1.807) is 26.0 Å². The number of ether oxygens (including phenoxy) is 1. The molecule has 2 N–H and O–H groups in total. The van der Waals surface area contributed by atoms with Crippen LogP contribution in [0.15, 0.2) is 23.1 Å². The van der Waals surface area contributed by atoms with Gasteiger partial charge in [-0.2, -0.15) is 4.31 Å². The van der Waals surface area contributed by atoms with E-state index in [-0.39, 0.29) is 35.8 Å². The molecule has 0 aromatic heterocycles. The van der Waals surface area contributed by atoms with Crippen molar-refractivity contribution in [1.82, 2.24) is 9.21 Å². The zero-order valence-electron chi connectivity index (χ0n) is 17.1. The Kier molecular flexibility index (Phi) is 7.48. The smallest absolute Gasteiger partial charge is 0.247 e. The van der Waals surface area contributed by atoms with Crippen molar-refractivity contribution in [1.29, 1.82) is 0 Å². The molecule has 0 spiro atoms. The van der Waals surface area contributed by atoms with E-state index < -0.39 is 22.2 Å². The molecule has 0 unspecified atom stereocenters. The summed E-state index contributed by atoms with van der Waals surface area (Å²) in [5.41, 5.74) is 0.563. The van der Waals surface area contributed by atoms with Crippen LogP contribution >= 0.6 is 0 Å². The third kappa shape index (κ3) is 5.25. The summed E-state index contributed by atoms with van der Waals surface area (Å²) in [7, 11) is 0.0217. The second kappa shape index (κ2) is 9.25. The van der Waals surface area contributed by atoms with Gasteiger partial charge in [-0.3, -0.25) is 0 Å². The van der Waals surface area contributed by atoms with Gasteiger partial charge in [0.2, 0.25) is 10.0 Å². The first-order valence-electron chi connectivity index (χ1n) is 9.34. The molecule has 0 saturated carbocycles. The molecular formula is C20H30N2O5S. The lowest BCUT2D eigenvalue weighted by molar-refractivity contribution is 0.0812. The van der Waals surface area contributed by atoms with Crippen LogP contribution < -0.4 is 4.74 Å². The quantitative estimate of drug-likeness (QED) is 0.712. The van der Waals surface area contributed by atoms with E-state index in [2.05, 4.69) is 11.8 Å². The van der Waals surface area contributed by atoms with Crippen LogP contribution in [-0.4, -0.2) is 79.9 Å². The second-order valence-electron chi connectivity index (χ2n) is 7.61. The number of likely N-dealkylation sites (N-methyl/N-ethyl adjacent to an activating group) is 1. The minimum absolute atomic E-state index is 0.0612. The molecule has 0 saturated heterocycles. The molecule has 1 aliphatic heterocycles. The summed E-state index contributed by atoms with van der Waals surface area (Å²) in [6.45, 7) is 5.80. The number of hydrogen-bond acceptors (Lipinski definition) is 6. The van der Waals surface area contributed by atoms with Gasteiger partial charge in [-0.05, 0) is 46.1 Å². The summed E-state index contributed by atoms with van der Waals surface area (Å²) in [6.07, 6.45) is -1.02. The Morgan fingerprint density at radius 1 is 1.36 bits per heavy atom. The monoisotopic (exact) mass is 410 g/mol. The van der Waals surface area contributed by atoms with Crippen molar-refractivity contribution in [3.8, 4) is 17.6 Å². The maximum absolute atomic E-state index is 13.3. The van der Waals surface area contributed by atoms with Gasteiger partial charge in [0.15, 0.2) is 0 Å². The normalized spacial score (nSPS) is 24.1. The van der Waals surface area contributed by atoms with E-state index in [0.717, 1.165) is 0 Å². The van der Waals surface area contributed by atoms with Crippen molar-refractivity contribution >= 4 is 10.0 Å².